The lowest BCUT2D eigenvalue weighted by Gasteiger charge is -2.07. The van der Waals surface area contributed by atoms with Crippen LogP contribution in [-0.2, 0) is 0 Å². The fraction of sp³-hybridized carbons (Fsp3) is 0.300. The molecule has 0 fully saturated rings. The number of likely N-dealkylation sites (N-methyl/N-ethyl adjacent to an activating group) is 1. The highest BCUT2D eigenvalue weighted by molar-refractivity contribution is 6.06. The highest BCUT2D eigenvalue weighted by Gasteiger charge is 2.19. The number of aliphatic hydroxyl groups is 1. The number of fused-ring (bicyclic) bond motifs is 1. The molecule has 0 aliphatic rings. The van der Waals surface area contributed by atoms with Gasteiger partial charge in [0.05, 0.1) is 17.7 Å². The van der Waals surface area contributed by atoms with Gasteiger partial charge < -0.3 is 25.9 Å². The number of aryl methyl sites for hydroxylation is 1. The number of nitrogens with two attached hydrogens (primary N) is 1. The van der Waals surface area contributed by atoms with Crippen LogP contribution in [0.15, 0.2) is 41.1 Å². The van der Waals surface area contributed by atoms with Gasteiger partial charge in [0, 0.05) is 18.9 Å². The molecular weight excluding hydrogens is 363 g/mol. The SMILES string of the molecule is CC.CNCCO.Cc1ccc(Nc2c(C(N)=O)oc3ccncc23)c(F)c1. The maximum absolute atomic E-state index is 14.0. The van der Waals surface area contributed by atoms with Crippen LogP contribution in [0.3, 0.4) is 0 Å². The maximum atomic E-state index is 14.0. The Morgan fingerprint density at radius 2 is 2.04 bits per heavy atom. The van der Waals surface area contributed by atoms with Gasteiger partial charge in [0.1, 0.15) is 17.1 Å². The Morgan fingerprint density at radius 3 is 2.57 bits per heavy atom. The van der Waals surface area contributed by atoms with Gasteiger partial charge in [-0.25, -0.2) is 4.39 Å². The number of furan rings is 1. The first-order valence-corrected chi connectivity index (χ1v) is 8.92. The van der Waals surface area contributed by atoms with E-state index in [1.165, 1.54) is 18.5 Å². The van der Waals surface area contributed by atoms with E-state index in [-0.39, 0.29) is 18.1 Å². The molecule has 0 radical (unpaired) electrons. The van der Waals surface area contributed by atoms with Crippen LogP contribution < -0.4 is 16.4 Å². The summed E-state index contributed by atoms with van der Waals surface area (Å²) >= 11 is 0. The van der Waals surface area contributed by atoms with E-state index in [1.54, 1.807) is 32.2 Å². The number of benzene rings is 1. The number of anilines is 2. The summed E-state index contributed by atoms with van der Waals surface area (Å²) in [5, 5.41) is 14.2. The molecule has 0 saturated carbocycles. The molecule has 1 amide bonds. The van der Waals surface area contributed by atoms with Gasteiger partial charge in [-0.05, 0) is 37.7 Å². The normalized spacial score (nSPS) is 9.79. The molecule has 0 saturated heterocycles. The average Bonchev–Trinajstić information content (AvgIpc) is 3.06. The molecule has 0 aliphatic heterocycles. The van der Waals surface area contributed by atoms with Gasteiger partial charge in [-0.15, -0.1) is 0 Å². The monoisotopic (exact) mass is 390 g/mol. The predicted molar refractivity (Wildman–Crippen MR) is 109 cm³/mol. The van der Waals surface area contributed by atoms with Crippen LogP contribution in [0, 0.1) is 12.7 Å². The summed E-state index contributed by atoms with van der Waals surface area (Å²) in [6.07, 6.45) is 3.06. The van der Waals surface area contributed by atoms with E-state index in [9.17, 15) is 9.18 Å². The summed E-state index contributed by atoms with van der Waals surface area (Å²) in [6.45, 7) is 6.72. The maximum Gasteiger partial charge on any atom is 0.286 e. The Balaban J connectivity index is 0.000000490. The molecule has 28 heavy (non-hydrogen) atoms. The lowest BCUT2D eigenvalue weighted by atomic mass is 10.2. The highest BCUT2D eigenvalue weighted by Crippen LogP contribution is 2.33. The number of primary amides is 1. The fourth-order valence-corrected chi connectivity index (χ4v) is 2.21. The van der Waals surface area contributed by atoms with Crippen LogP contribution >= 0.6 is 0 Å². The first-order valence-electron chi connectivity index (χ1n) is 8.92. The van der Waals surface area contributed by atoms with Gasteiger partial charge in [-0.3, -0.25) is 9.78 Å². The Labute approximate surface area is 163 Å². The van der Waals surface area contributed by atoms with Crippen molar-refractivity contribution in [3.8, 4) is 0 Å². The summed E-state index contributed by atoms with van der Waals surface area (Å²) in [5.74, 6) is -1.22. The standard InChI is InChI=1S/C15H12FN3O2.C3H9NO.C2H6/c1-8-2-3-11(10(16)6-8)19-13-9-7-18-5-4-12(9)21-14(13)15(17)20;1-4-2-3-5;1-2/h2-7,19H,1H3,(H2,17,20);4-5H,2-3H2,1H3;1-2H3. The van der Waals surface area contributed by atoms with E-state index in [0.717, 1.165) is 5.56 Å². The predicted octanol–water partition coefficient (Wildman–Crippen LogP) is 3.34. The highest BCUT2D eigenvalue weighted by atomic mass is 19.1. The van der Waals surface area contributed by atoms with Crippen molar-refractivity contribution in [1.82, 2.24) is 10.3 Å². The van der Waals surface area contributed by atoms with Gasteiger partial charge in [-0.1, -0.05) is 19.9 Å². The Kier molecular flexibility index (Phi) is 9.63. The third kappa shape index (κ3) is 6.04. The number of nitrogens with zero attached hydrogens (tertiary/aromatic N) is 1. The van der Waals surface area contributed by atoms with Crippen molar-refractivity contribution in [3.05, 3.63) is 53.8 Å². The minimum Gasteiger partial charge on any atom is -0.448 e. The van der Waals surface area contributed by atoms with Gasteiger partial charge >= 0.3 is 0 Å². The number of aliphatic hydroxyl groups excluding tert-OH is 1. The van der Waals surface area contributed by atoms with Crippen LogP contribution in [-0.4, -0.2) is 36.2 Å². The molecule has 1 aromatic carbocycles. The number of amides is 1. The van der Waals surface area contributed by atoms with Crippen LogP contribution in [0.2, 0.25) is 0 Å². The molecule has 8 heteroatoms. The van der Waals surface area contributed by atoms with E-state index in [2.05, 4.69) is 15.6 Å². The lowest BCUT2D eigenvalue weighted by molar-refractivity contribution is 0.0977. The van der Waals surface area contributed by atoms with Crippen molar-refractivity contribution in [2.24, 2.45) is 5.73 Å². The van der Waals surface area contributed by atoms with Crippen molar-refractivity contribution in [2.75, 3.05) is 25.5 Å². The van der Waals surface area contributed by atoms with E-state index >= 15 is 0 Å². The zero-order valence-electron chi connectivity index (χ0n) is 16.5. The second-order valence-electron chi connectivity index (χ2n) is 5.48. The first kappa shape index (κ1) is 23.1. The van der Waals surface area contributed by atoms with Crippen molar-refractivity contribution in [2.45, 2.75) is 20.8 Å². The van der Waals surface area contributed by atoms with Crippen LogP contribution in [0.5, 0.6) is 0 Å². The molecule has 7 nitrogen and oxygen atoms in total. The summed E-state index contributed by atoms with van der Waals surface area (Å²) < 4.78 is 19.3. The molecule has 3 rings (SSSR count). The van der Waals surface area contributed by atoms with Gasteiger partial charge in [0.25, 0.3) is 5.91 Å². The molecule has 0 unspecified atom stereocenters. The van der Waals surface area contributed by atoms with Crippen LogP contribution in [0.25, 0.3) is 11.0 Å². The molecule has 5 N–H and O–H groups in total. The van der Waals surface area contributed by atoms with E-state index < -0.39 is 11.7 Å². The minimum absolute atomic E-state index is 0.0574. The topological polar surface area (TPSA) is 113 Å². The third-order valence-electron chi connectivity index (χ3n) is 3.46. The van der Waals surface area contributed by atoms with Crippen molar-refractivity contribution in [3.63, 3.8) is 0 Å². The number of hydrogen-bond donors (Lipinski definition) is 4. The molecule has 0 aliphatic carbocycles. The number of rotatable bonds is 5. The molecule has 152 valence electrons. The molecule has 3 aromatic rings. The molecule has 0 atom stereocenters. The molecule has 0 bridgehead atoms. The van der Waals surface area contributed by atoms with Gasteiger partial charge in [0.15, 0.2) is 0 Å². The van der Waals surface area contributed by atoms with E-state index in [0.29, 0.717) is 23.2 Å². The van der Waals surface area contributed by atoms with Gasteiger partial charge in [0.2, 0.25) is 5.76 Å². The Bertz CT molecular complexity index is 894. The molecule has 2 aromatic heterocycles. The van der Waals surface area contributed by atoms with Crippen LogP contribution in [0.1, 0.15) is 30.0 Å². The number of pyridine rings is 1. The smallest absolute Gasteiger partial charge is 0.286 e. The summed E-state index contributed by atoms with van der Waals surface area (Å²) in [6, 6.07) is 6.35. The number of carbonyl (C=O) groups is 1. The molecular formula is C20H27FN4O3. The number of nitrogens with one attached hydrogen (secondary N) is 2. The van der Waals surface area contributed by atoms with Gasteiger partial charge in [-0.2, -0.15) is 0 Å². The Morgan fingerprint density at radius 1 is 1.32 bits per heavy atom. The van der Waals surface area contributed by atoms with Crippen molar-refractivity contribution >= 4 is 28.3 Å². The van der Waals surface area contributed by atoms with Crippen molar-refractivity contribution < 1.29 is 18.7 Å². The number of aromatic nitrogens is 1. The second-order valence-corrected chi connectivity index (χ2v) is 5.48. The molecule has 2 heterocycles. The zero-order chi connectivity index (χ0) is 21.1. The largest absolute Gasteiger partial charge is 0.448 e. The fourth-order valence-electron chi connectivity index (χ4n) is 2.21. The summed E-state index contributed by atoms with van der Waals surface area (Å²) in [7, 11) is 1.80. The molecule has 0 spiro atoms. The first-order chi connectivity index (χ1) is 13.5. The average molecular weight is 390 g/mol. The Hall–Kier alpha value is -2.97. The zero-order valence-corrected chi connectivity index (χ0v) is 16.5. The summed E-state index contributed by atoms with van der Waals surface area (Å²) in [5.41, 5.74) is 7.10. The van der Waals surface area contributed by atoms with E-state index in [1.807, 2.05) is 13.8 Å². The van der Waals surface area contributed by atoms with Crippen molar-refractivity contribution in [1.29, 1.82) is 0 Å². The van der Waals surface area contributed by atoms with Crippen LogP contribution in [0.4, 0.5) is 15.8 Å². The van der Waals surface area contributed by atoms with E-state index in [4.69, 9.17) is 15.3 Å². The number of halogens is 1. The third-order valence-corrected chi connectivity index (χ3v) is 3.46. The minimum atomic E-state index is -0.735. The lowest BCUT2D eigenvalue weighted by Crippen LogP contribution is -2.11. The summed E-state index contributed by atoms with van der Waals surface area (Å²) in [4.78, 5) is 15.5. The quantitative estimate of drug-likeness (QED) is 0.531. The second kappa shape index (κ2) is 11.7. The number of carbonyl (C=O) groups excluding carboxylic acids is 1. The number of hydrogen-bond acceptors (Lipinski definition) is 6.